The fraction of sp³-hybridized carbons (Fsp3) is 0.333. The van der Waals surface area contributed by atoms with Crippen LogP contribution in [0.4, 0.5) is 0 Å². The number of allylic oxidation sites excluding steroid dienone is 1. The minimum absolute atomic E-state index is 0.293. The Morgan fingerprint density at radius 1 is 1.21 bits per heavy atom. The van der Waals surface area contributed by atoms with Crippen LogP contribution in [0.3, 0.4) is 0 Å². The summed E-state index contributed by atoms with van der Waals surface area (Å²) in [6, 6.07) is 5.74. The number of ketones is 1. The maximum atomic E-state index is 11.5. The van der Waals surface area contributed by atoms with Crippen LogP contribution in [-0.4, -0.2) is 10.8 Å². The third-order valence-electron chi connectivity index (χ3n) is 2.47. The average Bonchev–Trinajstić information content (AvgIpc) is 2.23. The summed E-state index contributed by atoms with van der Waals surface area (Å²) in [5.74, 6) is 0.293. The molecule has 0 bridgehead atoms. The van der Waals surface area contributed by atoms with E-state index in [1.165, 1.54) is 0 Å². The van der Waals surface area contributed by atoms with Gasteiger partial charge in [0.15, 0.2) is 5.78 Å². The molecule has 1 aromatic rings. The normalized spacial score (nSPS) is 20.0. The molecular weight excluding hydrogens is 174 g/mol. The van der Waals surface area contributed by atoms with Gasteiger partial charge in [0.05, 0.1) is 5.69 Å². The fourth-order valence-electron chi connectivity index (χ4n) is 1.69. The van der Waals surface area contributed by atoms with Crippen LogP contribution in [0, 0.1) is 0 Å². The van der Waals surface area contributed by atoms with Crippen LogP contribution in [0.2, 0.25) is 0 Å². The van der Waals surface area contributed by atoms with Gasteiger partial charge < -0.3 is 0 Å². The molecule has 0 unspecified atom stereocenters. The molecule has 0 aromatic carbocycles. The van der Waals surface area contributed by atoms with Crippen molar-refractivity contribution in [2.24, 2.45) is 0 Å². The highest BCUT2D eigenvalue weighted by atomic mass is 16.1. The Labute approximate surface area is 83.7 Å². The van der Waals surface area contributed by atoms with Crippen molar-refractivity contribution >= 4 is 11.9 Å². The second-order valence-electron chi connectivity index (χ2n) is 3.55. The van der Waals surface area contributed by atoms with Crippen molar-refractivity contribution in [2.45, 2.75) is 25.7 Å². The van der Waals surface area contributed by atoms with E-state index >= 15 is 0 Å². The van der Waals surface area contributed by atoms with Crippen LogP contribution in [-0.2, 0) is 4.79 Å². The molecule has 1 fully saturated rings. The summed E-state index contributed by atoms with van der Waals surface area (Å²) >= 11 is 0. The van der Waals surface area contributed by atoms with E-state index in [2.05, 4.69) is 4.98 Å². The molecule has 1 heterocycles. The van der Waals surface area contributed by atoms with Crippen LogP contribution >= 0.6 is 0 Å². The Morgan fingerprint density at radius 2 is 2.07 bits per heavy atom. The van der Waals surface area contributed by atoms with Crippen molar-refractivity contribution in [1.82, 2.24) is 4.98 Å². The van der Waals surface area contributed by atoms with Gasteiger partial charge in [0, 0.05) is 12.6 Å². The zero-order valence-electron chi connectivity index (χ0n) is 8.07. The highest BCUT2D eigenvalue weighted by Gasteiger charge is 2.14. The lowest BCUT2D eigenvalue weighted by Gasteiger charge is -2.11. The summed E-state index contributed by atoms with van der Waals surface area (Å²) in [6.45, 7) is 0. The molecule has 0 aliphatic heterocycles. The maximum absolute atomic E-state index is 11.5. The number of carbonyl (C=O) groups excluding carboxylic acids is 1. The average molecular weight is 187 g/mol. The van der Waals surface area contributed by atoms with Crippen molar-refractivity contribution in [3.8, 4) is 0 Å². The standard InChI is InChI=1S/C12H13NO/c14-12-7-2-1-5-10(12)9-11-6-3-4-8-13-11/h3-4,6,8-9H,1-2,5,7H2/b10-9-. The molecule has 0 N–H and O–H groups in total. The lowest BCUT2D eigenvalue weighted by Crippen LogP contribution is -2.08. The Bertz CT molecular complexity index is 354. The number of Topliss-reactive ketones (excluding diaryl/α,β-unsaturated/α-hetero) is 1. The van der Waals surface area contributed by atoms with Gasteiger partial charge in [0.2, 0.25) is 0 Å². The van der Waals surface area contributed by atoms with Crippen molar-refractivity contribution < 1.29 is 4.79 Å². The van der Waals surface area contributed by atoms with Gasteiger partial charge in [-0.3, -0.25) is 9.78 Å². The quantitative estimate of drug-likeness (QED) is 0.632. The van der Waals surface area contributed by atoms with Crippen molar-refractivity contribution in [1.29, 1.82) is 0 Å². The Morgan fingerprint density at radius 3 is 2.79 bits per heavy atom. The monoisotopic (exact) mass is 187 g/mol. The fourth-order valence-corrected chi connectivity index (χ4v) is 1.69. The van der Waals surface area contributed by atoms with Crippen molar-refractivity contribution in [2.75, 3.05) is 0 Å². The minimum atomic E-state index is 0.293. The molecule has 2 nitrogen and oxygen atoms in total. The largest absolute Gasteiger partial charge is 0.295 e. The predicted molar refractivity (Wildman–Crippen MR) is 55.7 cm³/mol. The lowest BCUT2D eigenvalue weighted by atomic mass is 9.93. The smallest absolute Gasteiger partial charge is 0.158 e. The first-order valence-electron chi connectivity index (χ1n) is 5.01. The van der Waals surface area contributed by atoms with Crippen molar-refractivity contribution in [3.05, 3.63) is 35.7 Å². The Balaban J connectivity index is 2.21. The number of rotatable bonds is 1. The lowest BCUT2D eigenvalue weighted by molar-refractivity contribution is -0.116. The SMILES string of the molecule is O=C1CCCC/C1=C/c1ccccn1. The van der Waals surface area contributed by atoms with Crippen LogP contribution in [0.25, 0.3) is 6.08 Å². The number of hydrogen-bond donors (Lipinski definition) is 0. The highest BCUT2D eigenvalue weighted by molar-refractivity contribution is 5.99. The van der Waals surface area contributed by atoms with Gasteiger partial charge in [0.1, 0.15) is 0 Å². The second-order valence-corrected chi connectivity index (χ2v) is 3.55. The number of pyridine rings is 1. The molecule has 0 radical (unpaired) electrons. The maximum Gasteiger partial charge on any atom is 0.158 e. The van der Waals surface area contributed by atoms with E-state index in [9.17, 15) is 4.79 Å². The van der Waals surface area contributed by atoms with E-state index in [4.69, 9.17) is 0 Å². The molecule has 14 heavy (non-hydrogen) atoms. The predicted octanol–water partition coefficient (Wildman–Crippen LogP) is 2.61. The van der Waals surface area contributed by atoms with E-state index in [-0.39, 0.29) is 0 Å². The summed E-state index contributed by atoms with van der Waals surface area (Å²) in [4.78, 5) is 15.7. The first-order valence-corrected chi connectivity index (χ1v) is 5.01. The highest BCUT2D eigenvalue weighted by Crippen LogP contribution is 2.21. The van der Waals surface area contributed by atoms with Crippen molar-refractivity contribution in [3.63, 3.8) is 0 Å². The van der Waals surface area contributed by atoms with Crippen LogP contribution < -0.4 is 0 Å². The minimum Gasteiger partial charge on any atom is -0.295 e. The Hall–Kier alpha value is -1.44. The molecule has 1 aliphatic rings. The number of nitrogens with zero attached hydrogens (tertiary/aromatic N) is 1. The molecule has 0 spiro atoms. The van der Waals surface area contributed by atoms with E-state index < -0.39 is 0 Å². The first-order chi connectivity index (χ1) is 6.86. The number of carbonyl (C=O) groups is 1. The van der Waals surface area contributed by atoms with Gasteiger partial charge in [-0.2, -0.15) is 0 Å². The van der Waals surface area contributed by atoms with Gasteiger partial charge in [-0.1, -0.05) is 6.07 Å². The van der Waals surface area contributed by atoms with E-state index in [1.54, 1.807) is 6.20 Å². The Kier molecular flexibility index (Phi) is 2.73. The molecule has 0 amide bonds. The number of hydrogen-bond acceptors (Lipinski definition) is 2. The second kappa shape index (κ2) is 4.18. The third-order valence-corrected chi connectivity index (χ3v) is 2.47. The van der Waals surface area contributed by atoms with Gasteiger partial charge in [-0.25, -0.2) is 0 Å². The molecule has 0 atom stereocenters. The van der Waals surface area contributed by atoms with E-state index in [0.29, 0.717) is 12.2 Å². The van der Waals surface area contributed by atoms with Gasteiger partial charge in [-0.05, 0) is 43.0 Å². The molecule has 0 saturated heterocycles. The van der Waals surface area contributed by atoms with Crippen LogP contribution in [0.15, 0.2) is 30.0 Å². The number of aromatic nitrogens is 1. The van der Waals surface area contributed by atoms with Gasteiger partial charge in [0.25, 0.3) is 0 Å². The third kappa shape index (κ3) is 2.08. The molecule has 1 aliphatic carbocycles. The van der Waals surface area contributed by atoms with Crippen LogP contribution in [0.1, 0.15) is 31.4 Å². The van der Waals surface area contributed by atoms with Gasteiger partial charge in [-0.15, -0.1) is 0 Å². The summed E-state index contributed by atoms with van der Waals surface area (Å²) in [6.07, 6.45) is 7.46. The summed E-state index contributed by atoms with van der Waals surface area (Å²) in [5.41, 5.74) is 1.83. The van der Waals surface area contributed by atoms with Crippen LogP contribution in [0.5, 0.6) is 0 Å². The topological polar surface area (TPSA) is 30.0 Å². The first kappa shape index (κ1) is 9.13. The zero-order valence-corrected chi connectivity index (χ0v) is 8.07. The van der Waals surface area contributed by atoms with E-state index in [0.717, 1.165) is 30.5 Å². The zero-order chi connectivity index (χ0) is 9.80. The molecule has 2 heteroatoms. The molecule has 2 rings (SSSR count). The molecule has 72 valence electrons. The molecule has 1 aromatic heterocycles. The van der Waals surface area contributed by atoms with Gasteiger partial charge >= 0.3 is 0 Å². The molecular formula is C12H13NO. The molecule has 1 saturated carbocycles. The summed E-state index contributed by atoms with van der Waals surface area (Å²) < 4.78 is 0. The van der Waals surface area contributed by atoms with E-state index in [1.807, 2.05) is 24.3 Å². The summed E-state index contributed by atoms with van der Waals surface area (Å²) in [7, 11) is 0. The summed E-state index contributed by atoms with van der Waals surface area (Å²) in [5, 5.41) is 0.